The quantitative estimate of drug-likeness (QED) is 0.800. The first kappa shape index (κ1) is 12.3. The molecule has 2 N–H and O–H groups in total. The number of H-pyrrole nitrogens is 1. The van der Waals surface area contributed by atoms with Crippen LogP contribution < -0.4 is 5.32 Å². The van der Waals surface area contributed by atoms with Crippen molar-refractivity contribution in [2.75, 3.05) is 0 Å². The van der Waals surface area contributed by atoms with Crippen LogP contribution in [0.4, 0.5) is 0 Å². The van der Waals surface area contributed by atoms with Gasteiger partial charge in [-0.2, -0.15) is 15.6 Å². The lowest BCUT2D eigenvalue weighted by atomic mass is 10.1. The third kappa shape index (κ3) is 3.18. The van der Waals surface area contributed by atoms with Crippen molar-refractivity contribution < 1.29 is 0 Å². The van der Waals surface area contributed by atoms with Gasteiger partial charge in [0.1, 0.15) is 24.0 Å². The average Bonchev–Trinajstić information content (AvgIpc) is 2.98. The Morgan fingerprint density at radius 3 is 2.58 bits per heavy atom. The lowest BCUT2D eigenvalue weighted by Crippen LogP contribution is -2.05. The van der Waals surface area contributed by atoms with Crippen molar-refractivity contribution in [3.05, 3.63) is 47.9 Å². The van der Waals surface area contributed by atoms with Gasteiger partial charge in [-0.3, -0.25) is 5.10 Å². The minimum atomic E-state index is 0.0540. The normalized spacial score (nSPS) is 9.16. The summed E-state index contributed by atoms with van der Waals surface area (Å²) in [7, 11) is 0. The average molecular weight is 250 g/mol. The molecule has 0 saturated heterocycles. The molecule has 0 unspecified atom stereocenters. The molecule has 0 atom stereocenters. The number of aromatic nitrogens is 3. The number of nitrogens with one attached hydrogen (secondary N) is 2. The number of hydrogen-bond donors (Lipinski definition) is 2. The van der Waals surface area contributed by atoms with Gasteiger partial charge < -0.3 is 5.32 Å². The molecule has 2 rings (SSSR count). The second-order valence-corrected chi connectivity index (χ2v) is 3.69. The molecular formula is C13H10N6. The van der Waals surface area contributed by atoms with Gasteiger partial charge in [0.2, 0.25) is 0 Å². The van der Waals surface area contributed by atoms with Crippen LogP contribution in [-0.4, -0.2) is 15.2 Å². The van der Waals surface area contributed by atoms with Crippen LogP contribution in [-0.2, 0) is 6.54 Å². The van der Waals surface area contributed by atoms with Crippen molar-refractivity contribution in [2.24, 2.45) is 0 Å². The predicted molar refractivity (Wildman–Crippen MR) is 68.0 cm³/mol. The molecule has 0 fully saturated rings. The summed E-state index contributed by atoms with van der Waals surface area (Å²) in [6.07, 6.45) is 2.87. The molecule has 6 nitrogen and oxygen atoms in total. The molecule has 2 aromatic rings. The van der Waals surface area contributed by atoms with Crippen molar-refractivity contribution in [2.45, 2.75) is 6.54 Å². The Morgan fingerprint density at radius 1 is 1.26 bits per heavy atom. The second-order valence-electron chi connectivity index (χ2n) is 3.69. The van der Waals surface area contributed by atoms with E-state index in [0.717, 1.165) is 17.0 Å². The van der Waals surface area contributed by atoms with E-state index in [1.165, 1.54) is 12.5 Å². The van der Waals surface area contributed by atoms with Gasteiger partial charge in [0, 0.05) is 18.3 Å². The highest BCUT2D eigenvalue weighted by Gasteiger charge is 2.00. The van der Waals surface area contributed by atoms with E-state index in [2.05, 4.69) is 20.5 Å². The number of allylic oxidation sites excluding steroid dienone is 1. The van der Waals surface area contributed by atoms with Gasteiger partial charge in [-0.25, -0.2) is 4.98 Å². The van der Waals surface area contributed by atoms with E-state index in [-0.39, 0.29) is 5.57 Å². The Labute approximate surface area is 110 Å². The Hall–Kier alpha value is -3.12. The highest BCUT2D eigenvalue weighted by molar-refractivity contribution is 5.54. The summed E-state index contributed by atoms with van der Waals surface area (Å²) >= 11 is 0. The largest absolute Gasteiger partial charge is 0.385 e. The third-order valence-corrected chi connectivity index (χ3v) is 2.44. The number of benzene rings is 1. The molecule has 1 heterocycles. The summed E-state index contributed by atoms with van der Waals surface area (Å²) < 4.78 is 0. The fourth-order valence-electron chi connectivity index (χ4n) is 1.49. The van der Waals surface area contributed by atoms with Gasteiger partial charge in [0.05, 0.1) is 0 Å². The predicted octanol–water partition coefficient (Wildman–Crippen LogP) is 1.49. The third-order valence-electron chi connectivity index (χ3n) is 2.44. The monoisotopic (exact) mass is 250 g/mol. The highest BCUT2D eigenvalue weighted by atomic mass is 15.2. The van der Waals surface area contributed by atoms with E-state index >= 15 is 0 Å². The van der Waals surface area contributed by atoms with E-state index in [1.807, 2.05) is 24.3 Å². The molecule has 0 saturated carbocycles. The van der Waals surface area contributed by atoms with Gasteiger partial charge in [0.15, 0.2) is 5.82 Å². The lowest BCUT2D eigenvalue weighted by Gasteiger charge is -2.02. The SMILES string of the molecule is N#CC(C#N)=CNCc1ccc(-c2ncn[nH]2)cc1. The van der Waals surface area contributed by atoms with Gasteiger partial charge in [-0.1, -0.05) is 24.3 Å². The number of hydrogen-bond acceptors (Lipinski definition) is 5. The molecule has 0 aliphatic rings. The molecule has 19 heavy (non-hydrogen) atoms. The van der Waals surface area contributed by atoms with Gasteiger partial charge in [0.25, 0.3) is 0 Å². The zero-order valence-corrected chi connectivity index (χ0v) is 9.96. The molecule has 0 aliphatic carbocycles. The zero-order valence-electron chi connectivity index (χ0n) is 9.96. The fraction of sp³-hybridized carbons (Fsp3) is 0.0769. The van der Waals surface area contributed by atoms with Crippen molar-refractivity contribution in [1.29, 1.82) is 10.5 Å². The number of rotatable bonds is 4. The molecule has 0 radical (unpaired) electrons. The van der Waals surface area contributed by atoms with E-state index in [4.69, 9.17) is 10.5 Å². The first-order valence-electron chi connectivity index (χ1n) is 5.52. The van der Waals surface area contributed by atoms with Crippen LogP contribution in [0.1, 0.15) is 5.56 Å². The Morgan fingerprint density at radius 2 is 2.00 bits per heavy atom. The van der Waals surface area contributed by atoms with Gasteiger partial charge in [-0.15, -0.1) is 0 Å². The maximum absolute atomic E-state index is 8.57. The van der Waals surface area contributed by atoms with E-state index < -0.39 is 0 Å². The molecular weight excluding hydrogens is 240 g/mol. The molecule has 1 aromatic carbocycles. The van der Waals surface area contributed by atoms with Crippen LogP contribution in [0.15, 0.2) is 42.4 Å². The summed E-state index contributed by atoms with van der Waals surface area (Å²) in [6, 6.07) is 11.3. The fourth-order valence-corrected chi connectivity index (χ4v) is 1.49. The van der Waals surface area contributed by atoms with Crippen molar-refractivity contribution in [3.63, 3.8) is 0 Å². The molecule has 1 aromatic heterocycles. The van der Waals surface area contributed by atoms with Gasteiger partial charge >= 0.3 is 0 Å². The summed E-state index contributed by atoms with van der Waals surface area (Å²) in [5, 5.41) is 26.6. The zero-order chi connectivity index (χ0) is 13.5. The van der Waals surface area contributed by atoms with Crippen LogP contribution in [0.2, 0.25) is 0 Å². The summed E-state index contributed by atoms with van der Waals surface area (Å²) in [5.74, 6) is 0.718. The van der Waals surface area contributed by atoms with Crippen LogP contribution in [0, 0.1) is 22.7 Å². The van der Waals surface area contributed by atoms with Crippen LogP contribution >= 0.6 is 0 Å². The summed E-state index contributed by atoms with van der Waals surface area (Å²) in [5.41, 5.74) is 2.04. The minimum Gasteiger partial charge on any atom is -0.385 e. The van der Waals surface area contributed by atoms with E-state index in [0.29, 0.717) is 6.54 Å². The molecule has 6 heteroatoms. The van der Waals surface area contributed by atoms with E-state index in [9.17, 15) is 0 Å². The molecule has 92 valence electrons. The van der Waals surface area contributed by atoms with Gasteiger partial charge in [-0.05, 0) is 5.56 Å². The van der Waals surface area contributed by atoms with Crippen molar-refractivity contribution in [3.8, 4) is 23.5 Å². The Kier molecular flexibility index (Phi) is 3.89. The molecule has 0 spiro atoms. The van der Waals surface area contributed by atoms with Crippen LogP contribution in [0.5, 0.6) is 0 Å². The standard InChI is InChI=1S/C13H10N6/c14-5-11(6-15)8-16-7-10-1-3-12(4-2-10)13-17-9-18-19-13/h1-4,8-9,16H,7H2,(H,17,18,19). The second kappa shape index (κ2) is 5.99. The number of nitrogens with zero attached hydrogens (tertiary/aromatic N) is 4. The Bertz CT molecular complexity index is 624. The Balaban J connectivity index is 1.99. The lowest BCUT2D eigenvalue weighted by molar-refractivity contribution is 0.867. The number of nitriles is 2. The van der Waals surface area contributed by atoms with Crippen molar-refractivity contribution in [1.82, 2.24) is 20.5 Å². The highest BCUT2D eigenvalue weighted by Crippen LogP contribution is 2.14. The first-order chi connectivity index (χ1) is 9.33. The molecule has 0 bridgehead atoms. The van der Waals surface area contributed by atoms with E-state index in [1.54, 1.807) is 12.1 Å². The molecule has 0 amide bonds. The molecule has 0 aliphatic heterocycles. The topological polar surface area (TPSA) is 101 Å². The summed E-state index contributed by atoms with van der Waals surface area (Å²) in [4.78, 5) is 4.06. The maximum atomic E-state index is 8.57. The van der Waals surface area contributed by atoms with Crippen molar-refractivity contribution >= 4 is 0 Å². The number of aromatic amines is 1. The first-order valence-corrected chi connectivity index (χ1v) is 5.52. The maximum Gasteiger partial charge on any atom is 0.155 e. The minimum absolute atomic E-state index is 0.0540. The summed E-state index contributed by atoms with van der Waals surface area (Å²) in [6.45, 7) is 0.545. The van der Waals surface area contributed by atoms with Crippen LogP contribution in [0.25, 0.3) is 11.4 Å². The van der Waals surface area contributed by atoms with Crippen LogP contribution in [0.3, 0.4) is 0 Å². The smallest absolute Gasteiger partial charge is 0.155 e.